The second-order valence-corrected chi connectivity index (χ2v) is 12.0. The Bertz CT molecular complexity index is 1240. The number of carbonyl (C=O) groups is 2. The van der Waals surface area contributed by atoms with Crippen LogP contribution in [0, 0.1) is 5.92 Å². The summed E-state index contributed by atoms with van der Waals surface area (Å²) in [5.41, 5.74) is 1.69. The summed E-state index contributed by atoms with van der Waals surface area (Å²) < 4.78 is 12.4. The third kappa shape index (κ3) is 7.95. The molecule has 6 heteroatoms. The van der Waals surface area contributed by atoms with Crippen LogP contribution in [-0.4, -0.2) is 40.4 Å². The van der Waals surface area contributed by atoms with Gasteiger partial charge in [0.15, 0.2) is 0 Å². The fourth-order valence-corrected chi connectivity index (χ4v) is 5.41. The smallest absolute Gasteiger partial charge is 0.412 e. The van der Waals surface area contributed by atoms with Gasteiger partial charge in [0.1, 0.15) is 11.3 Å². The van der Waals surface area contributed by atoms with Crippen molar-refractivity contribution in [1.29, 1.82) is 0 Å². The van der Waals surface area contributed by atoms with Crippen LogP contribution in [0.4, 0.5) is 4.79 Å². The molecule has 0 aromatic heterocycles. The first-order valence-electron chi connectivity index (χ1n) is 14.1. The molecule has 0 unspecified atom stereocenters. The Kier molecular flexibility index (Phi) is 9.31. The molecule has 4 rings (SSSR count). The van der Waals surface area contributed by atoms with E-state index in [0.29, 0.717) is 25.8 Å². The molecule has 0 radical (unpaired) electrons. The van der Waals surface area contributed by atoms with Crippen LogP contribution < -0.4 is 5.32 Å². The highest BCUT2D eigenvalue weighted by Gasteiger charge is 2.51. The molecule has 1 heterocycles. The van der Waals surface area contributed by atoms with Crippen LogP contribution >= 0.6 is 0 Å². The molecule has 1 N–H and O–H groups in total. The van der Waals surface area contributed by atoms with Gasteiger partial charge in [-0.05, 0) is 70.6 Å². The van der Waals surface area contributed by atoms with Crippen LogP contribution in [0.1, 0.15) is 57.7 Å². The Morgan fingerprint density at radius 2 is 1.40 bits per heavy atom. The molecule has 0 aliphatic carbocycles. The number of benzene rings is 3. The van der Waals surface area contributed by atoms with E-state index in [-0.39, 0.29) is 24.0 Å². The van der Waals surface area contributed by atoms with E-state index in [2.05, 4.69) is 17.4 Å². The molecule has 3 aromatic carbocycles. The van der Waals surface area contributed by atoms with E-state index in [9.17, 15) is 9.59 Å². The maximum atomic E-state index is 13.7. The third-order valence-corrected chi connectivity index (χ3v) is 7.18. The number of hydrogen-bond acceptors (Lipinski definition) is 4. The summed E-state index contributed by atoms with van der Waals surface area (Å²) in [4.78, 5) is 28.9. The standard InChI is InChI=1S/C34H42N2O4/c1-33(2,3)40-32(38)36-29(22-26-17-11-7-12-18-26)30(39-34(36,4)5)23-28(21-25-15-9-6-10-16-25)31(37)35-24-27-19-13-8-14-20-27/h6-20,28-30H,21-24H2,1-5H3,(H,35,37)/t28-,29+,30+/m1/s1. The summed E-state index contributed by atoms with van der Waals surface area (Å²) in [5.74, 6) is -0.368. The van der Waals surface area contributed by atoms with Crippen LogP contribution in [0.2, 0.25) is 0 Å². The fraction of sp³-hybridized carbons (Fsp3) is 0.412. The Morgan fingerprint density at radius 3 is 1.95 bits per heavy atom. The molecule has 1 saturated heterocycles. The van der Waals surface area contributed by atoms with Crippen molar-refractivity contribution in [2.45, 2.75) is 83.9 Å². The van der Waals surface area contributed by atoms with Gasteiger partial charge in [0.2, 0.25) is 5.91 Å². The Hall–Kier alpha value is -3.64. The van der Waals surface area contributed by atoms with Crippen molar-refractivity contribution in [1.82, 2.24) is 10.2 Å². The van der Waals surface area contributed by atoms with E-state index in [4.69, 9.17) is 9.47 Å². The zero-order valence-electron chi connectivity index (χ0n) is 24.3. The minimum atomic E-state index is -0.899. The maximum absolute atomic E-state index is 13.7. The van der Waals surface area contributed by atoms with Gasteiger partial charge in [-0.1, -0.05) is 91.0 Å². The average Bonchev–Trinajstić information content (AvgIpc) is 3.16. The van der Waals surface area contributed by atoms with E-state index < -0.39 is 17.4 Å². The molecule has 0 spiro atoms. The van der Waals surface area contributed by atoms with Crippen molar-refractivity contribution in [3.63, 3.8) is 0 Å². The van der Waals surface area contributed by atoms with Crippen molar-refractivity contribution in [2.24, 2.45) is 5.92 Å². The van der Waals surface area contributed by atoms with Crippen LogP contribution in [0.25, 0.3) is 0 Å². The molecule has 3 aromatic rings. The second kappa shape index (κ2) is 12.7. The third-order valence-electron chi connectivity index (χ3n) is 7.18. The Balaban J connectivity index is 1.61. The first-order chi connectivity index (χ1) is 19.0. The summed E-state index contributed by atoms with van der Waals surface area (Å²) >= 11 is 0. The van der Waals surface area contributed by atoms with Gasteiger partial charge in [0, 0.05) is 12.5 Å². The molecule has 3 atom stereocenters. The lowest BCUT2D eigenvalue weighted by Crippen LogP contribution is -2.51. The molecule has 1 aliphatic heterocycles. The lowest BCUT2D eigenvalue weighted by Gasteiger charge is -2.35. The van der Waals surface area contributed by atoms with Gasteiger partial charge >= 0.3 is 6.09 Å². The first kappa shape index (κ1) is 29.3. The van der Waals surface area contributed by atoms with Crippen LogP contribution in [0.15, 0.2) is 91.0 Å². The summed E-state index contributed by atoms with van der Waals surface area (Å²) in [6.45, 7) is 9.86. The number of nitrogens with one attached hydrogen (secondary N) is 1. The van der Waals surface area contributed by atoms with E-state index in [1.807, 2.05) is 113 Å². The molecule has 2 amide bonds. The maximum Gasteiger partial charge on any atom is 0.412 e. The fourth-order valence-electron chi connectivity index (χ4n) is 5.41. The molecular weight excluding hydrogens is 500 g/mol. The lowest BCUT2D eigenvalue weighted by molar-refractivity contribution is -0.127. The predicted molar refractivity (Wildman–Crippen MR) is 158 cm³/mol. The van der Waals surface area contributed by atoms with Gasteiger partial charge in [-0.2, -0.15) is 0 Å². The van der Waals surface area contributed by atoms with Gasteiger partial charge in [-0.3, -0.25) is 9.69 Å². The van der Waals surface area contributed by atoms with Crippen molar-refractivity contribution in [3.05, 3.63) is 108 Å². The highest BCUT2D eigenvalue weighted by atomic mass is 16.6. The van der Waals surface area contributed by atoms with Crippen molar-refractivity contribution in [2.75, 3.05) is 0 Å². The first-order valence-corrected chi connectivity index (χ1v) is 14.1. The van der Waals surface area contributed by atoms with E-state index >= 15 is 0 Å². The highest BCUT2D eigenvalue weighted by molar-refractivity contribution is 5.79. The SMILES string of the molecule is CC(C)(C)OC(=O)N1[C@@H](Cc2ccccc2)[C@H](C[C@@H](Cc2ccccc2)C(=O)NCc2ccccc2)OC1(C)C. The van der Waals surface area contributed by atoms with Crippen LogP contribution in [-0.2, 0) is 33.7 Å². The van der Waals surface area contributed by atoms with Crippen LogP contribution in [0.5, 0.6) is 0 Å². The van der Waals surface area contributed by atoms with Crippen molar-refractivity contribution < 1.29 is 19.1 Å². The molecule has 0 bridgehead atoms. The number of carbonyl (C=O) groups excluding carboxylic acids is 2. The number of nitrogens with zero attached hydrogens (tertiary/aromatic N) is 1. The lowest BCUT2D eigenvalue weighted by atomic mass is 9.88. The van der Waals surface area contributed by atoms with E-state index in [0.717, 1.165) is 16.7 Å². The molecule has 1 fully saturated rings. The normalized spacial score (nSPS) is 19.2. The quantitative estimate of drug-likeness (QED) is 0.334. The number of amides is 2. The second-order valence-electron chi connectivity index (χ2n) is 12.0. The summed E-state index contributed by atoms with van der Waals surface area (Å²) in [6.07, 6.45) is 0.868. The minimum Gasteiger partial charge on any atom is -0.444 e. The largest absolute Gasteiger partial charge is 0.444 e. The van der Waals surface area contributed by atoms with Gasteiger partial charge < -0.3 is 14.8 Å². The van der Waals surface area contributed by atoms with Gasteiger partial charge in [-0.25, -0.2) is 4.79 Å². The molecule has 40 heavy (non-hydrogen) atoms. The van der Waals surface area contributed by atoms with Gasteiger partial charge in [0.25, 0.3) is 0 Å². The Labute approximate surface area is 238 Å². The molecule has 6 nitrogen and oxygen atoms in total. The van der Waals surface area contributed by atoms with E-state index in [1.165, 1.54) is 0 Å². The topological polar surface area (TPSA) is 67.9 Å². The molecular formula is C34H42N2O4. The minimum absolute atomic E-state index is 0.0247. The van der Waals surface area contributed by atoms with Crippen LogP contribution in [0.3, 0.4) is 0 Å². The number of rotatable bonds is 9. The van der Waals surface area contributed by atoms with Crippen molar-refractivity contribution >= 4 is 12.0 Å². The highest BCUT2D eigenvalue weighted by Crippen LogP contribution is 2.38. The van der Waals surface area contributed by atoms with E-state index in [1.54, 1.807) is 4.90 Å². The summed E-state index contributed by atoms with van der Waals surface area (Å²) in [7, 11) is 0. The number of ether oxygens (including phenoxy) is 2. The monoisotopic (exact) mass is 542 g/mol. The molecule has 0 saturated carbocycles. The molecule has 1 aliphatic rings. The average molecular weight is 543 g/mol. The predicted octanol–water partition coefficient (Wildman–Crippen LogP) is 6.54. The zero-order chi connectivity index (χ0) is 28.8. The number of hydrogen-bond donors (Lipinski definition) is 1. The van der Waals surface area contributed by atoms with Gasteiger partial charge in [-0.15, -0.1) is 0 Å². The Morgan fingerprint density at radius 1 is 0.875 bits per heavy atom. The van der Waals surface area contributed by atoms with Crippen molar-refractivity contribution in [3.8, 4) is 0 Å². The molecule has 212 valence electrons. The van der Waals surface area contributed by atoms with Gasteiger partial charge in [0.05, 0.1) is 12.1 Å². The summed E-state index contributed by atoms with van der Waals surface area (Å²) in [5, 5.41) is 3.14. The summed E-state index contributed by atoms with van der Waals surface area (Å²) in [6, 6.07) is 29.8. The zero-order valence-corrected chi connectivity index (χ0v) is 24.3.